The molecule has 0 aliphatic heterocycles. The Kier molecular flexibility index (Phi) is 11.3. The molecule has 1 aromatic carbocycles. The summed E-state index contributed by atoms with van der Waals surface area (Å²) >= 11 is 0. The molecule has 0 spiro atoms. The van der Waals surface area contributed by atoms with E-state index in [0.29, 0.717) is 5.92 Å². The first-order valence-corrected chi connectivity index (χ1v) is 8.17. The largest absolute Gasteiger partial charge is 0.0961 e. The standard InChI is InChI=1S/C19H26.C2H6/c1-16(2)10-8-6-5-7-9-11-18-12-14-19(15-13-18)17(3)4;1-2/h5-6,8,10,12-15,17H,1,7,9,11H2,2-4H3;1-2H3/b6-5+,10-8-;. The SMILES string of the molecule is C=C(C)/C=C\C=C\CCCc1ccc(C(C)C)cc1.CC. The second-order valence-corrected chi connectivity index (χ2v) is 5.42. The summed E-state index contributed by atoms with van der Waals surface area (Å²) in [6, 6.07) is 9.04. The fourth-order valence-corrected chi connectivity index (χ4v) is 1.89. The predicted octanol–water partition coefficient (Wildman–Crippen LogP) is 6.85. The molecule has 0 aliphatic carbocycles. The van der Waals surface area contributed by atoms with Gasteiger partial charge in [0.15, 0.2) is 0 Å². The number of aryl methyl sites for hydroxylation is 1. The van der Waals surface area contributed by atoms with Gasteiger partial charge in [-0.05, 0) is 43.2 Å². The van der Waals surface area contributed by atoms with Crippen molar-refractivity contribution in [2.75, 3.05) is 0 Å². The summed E-state index contributed by atoms with van der Waals surface area (Å²) < 4.78 is 0. The van der Waals surface area contributed by atoms with E-state index >= 15 is 0 Å². The van der Waals surface area contributed by atoms with Crippen LogP contribution in [-0.2, 0) is 6.42 Å². The van der Waals surface area contributed by atoms with Crippen molar-refractivity contribution in [1.82, 2.24) is 0 Å². The first-order chi connectivity index (χ1) is 10.1. The van der Waals surface area contributed by atoms with Gasteiger partial charge < -0.3 is 0 Å². The van der Waals surface area contributed by atoms with Gasteiger partial charge in [-0.2, -0.15) is 0 Å². The lowest BCUT2D eigenvalue weighted by atomic mass is 10.00. The zero-order valence-electron chi connectivity index (χ0n) is 14.5. The van der Waals surface area contributed by atoms with Gasteiger partial charge in [-0.1, -0.05) is 88.4 Å². The number of hydrogen-bond acceptors (Lipinski definition) is 0. The molecule has 0 saturated carbocycles. The van der Waals surface area contributed by atoms with Crippen LogP contribution in [0.2, 0.25) is 0 Å². The Morgan fingerprint density at radius 1 is 1.10 bits per heavy atom. The van der Waals surface area contributed by atoms with E-state index in [9.17, 15) is 0 Å². The number of allylic oxidation sites excluding steroid dienone is 5. The first kappa shape index (κ1) is 19.4. The molecule has 0 aliphatic rings. The molecule has 1 aromatic rings. The number of unbranched alkanes of at least 4 members (excludes halogenated alkanes) is 1. The minimum atomic E-state index is 0.622. The quantitative estimate of drug-likeness (QED) is 0.379. The van der Waals surface area contributed by atoms with Crippen molar-refractivity contribution in [2.45, 2.75) is 59.8 Å². The molecule has 0 N–H and O–H groups in total. The summed E-state index contributed by atoms with van der Waals surface area (Å²) in [4.78, 5) is 0. The summed E-state index contributed by atoms with van der Waals surface area (Å²) in [6.45, 7) is 14.3. The van der Waals surface area contributed by atoms with Crippen LogP contribution in [0.15, 0.2) is 60.7 Å². The van der Waals surface area contributed by atoms with Crippen molar-refractivity contribution >= 4 is 0 Å². The van der Waals surface area contributed by atoms with Gasteiger partial charge in [-0.15, -0.1) is 0 Å². The number of hydrogen-bond donors (Lipinski definition) is 0. The Labute approximate surface area is 132 Å². The van der Waals surface area contributed by atoms with Crippen LogP contribution in [0, 0.1) is 0 Å². The lowest BCUT2D eigenvalue weighted by Gasteiger charge is -2.06. The van der Waals surface area contributed by atoms with Gasteiger partial charge >= 0.3 is 0 Å². The Morgan fingerprint density at radius 2 is 1.71 bits per heavy atom. The number of benzene rings is 1. The highest BCUT2D eigenvalue weighted by Crippen LogP contribution is 2.15. The van der Waals surface area contributed by atoms with Crippen molar-refractivity contribution in [1.29, 1.82) is 0 Å². The van der Waals surface area contributed by atoms with Crippen LogP contribution in [0.25, 0.3) is 0 Å². The smallest absolute Gasteiger partial charge is 0.0219 e. The van der Waals surface area contributed by atoms with E-state index in [1.54, 1.807) is 0 Å². The first-order valence-electron chi connectivity index (χ1n) is 8.17. The molecule has 21 heavy (non-hydrogen) atoms. The van der Waals surface area contributed by atoms with Gasteiger partial charge in [0.25, 0.3) is 0 Å². The fraction of sp³-hybridized carbons (Fsp3) is 0.429. The average molecular weight is 284 g/mol. The Bertz CT molecular complexity index is 430. The monoisotopic (exact) mass is 284 g/mol. The summed E-state index contributed by atoms with van der Waals surface area (Å²) in [5.41, 5.74) is 3.96. The van der Waals surface area contributed by atoms with Crippen molar-refractivity contribution in [3.8, 4) is 0 Å². The molecule has 116 valence electrons. The van der Waals surface area contributed by atoms with Gasteiger partial charge in [-0.3, -0.25) is 0 Å². The molecule has 0 heteroatoms. The lowest BCUT2D eigenvalue weighted by Crippen LogP contribution is -1.89. The highest BCUT2D eigenvalue weighted by Gasteiger charge is 1.98. The zero-order chi connectivity index (χ0) is 16.1. The van der Waals surface area contributed by atoms with Crippen LogP contribution in [0.1, 0.15) is 64.5 Å². The van der Waals surface area contributed by atoms with E-state index in [-0.39, 0.29) is 0 Å². The summed E-state index contributed by atoms with van der Waals surface area (Å²) in [5, 5.41) is 0. The second kappa shape index (κ2) is 12.2. The molecule has 0 nitrogen and oxygen atoms in total. The zero-order valence-corrected chi connectivity index (χ0v) is 14.5. The Balaban J connectivity index is 0.00000191. The second-order valence-electron chi connectivity index (χ2n) is 5.42. The maximum Gasteiger partial charge on any atom is -0.0219 e. The molecule has 0 heterocycles. The normalized spacial score (nSPS) is 11.0. The van der Waals surface area contributed by atoms with Crippen LogP contribution < -0.4 is 0 Å². The Hall–Kier alpha value is -1.56. The van der Waals surface area contributed by atoms with E-state index in [1.807, 2.05) is 26.8 Å². The molecule has 0 unspecified atom stereocenters. The third-order valence-corrected chi connectivity index (χ3v) is 3.11. The van der Waals surface area contributed by atoms with E-state index < -0.39 is 0 Å². The fourth-order valence-electron chi connectivity index (χ4n) is 1.89. The molecule has 0 saturated heterocycles. The van der Waals surface area contributed by atoms with Gasteiger partial charge in [0.2, 0.25) is 0 Å². The lowest BCUT2D eigenvalue weighted by molar-refractivity contribution is 0.835. The van der Waals surface area contributed by atoms with Gasteiger partial charge in [0.05, 0.1) is 0 Å². The van der Waals surface area contributed by atoms with E-state index in [0.717, 1.165) is 18.4 Å². The van der Waals surface area contributed by atoms with Crippen molar-refractivity contribution in [3.63, 3.8) is 0 Å². The van der Waals surface area contributed by atoms with Gasteiger partial charge in [-0.25, -0.2) is 0 Å². The highest BCUT2D eigenvalue weighted by molar-refractivity contribution is 5.24. The minimum absolute atomic E-state index is 0.622. The highest BCUT2D eigenvalue weighted by atomic mass is 14.0. The molecule has 0 atom stereocenters. The van der Waals surface area contributed by atoms with Crippen LogP contribution in [-0.4, -0.2) is 0 Å². The molecule has 0 fully saturated rings. The third kappa shape index (κ3) is 9.90. The maximum absolute atomic E-state index is 3.83. The van der Waals surface area contributed by atoms with Crippen LogP contribution >= 0.6 is 0 Å². The molecular formula is C21H32. The van der Waals surface area contributed by atoms with Crippen molar-refractivity contribution in [3.05, 3.63) is 71.8 Å². The van der Waals surface area contributed by atoms with Crippen molar-refractivity contribution in [2.24, 2.45) is 0 Å². The van der Waals surface area contributed by atoms with Crippen molar-refractivity contribution < 1.29 is 0 Å². The number of rotatable bonds is 7. The Morgan fingerprint density at radius 3 is 2.24 bits per heavy atom. The maximum atomic E-state index is 3.83. The molecule has 0 bridgehead atoms. The van der Waals surface area contributed by atoms with Gasteiger partial charge in [0.1, 0.15) is 0 Å². The summed E-state index contributed by atoms with van der Waals surface area (Å²) in [6.07, 6.45) is 11.9. The minimum Gasteiger partial charge on any atom is -0.0961 e. The molecule has 0 aromatic heterocycles. The topological polar surface area (TPSA) is 0 Å². The predicted molar refractivity (Wildman–Crippen MR) is 97.9 cm³/mol. The van der Waals surface area contributed by atoms with E-state index in [1.165, 1.54) is 17.5 Å². The molecule has 0 amide bonds. The van der Waals surface area contributed by atoms with E-state index in [2.05, 4.69) is 62.9 Å². The van der Waals surface area contributed by atoms with Crippen LogP contribution in [0.4, 0.5) is 0 Å². The van der Waals surface area contributed by atoms with Crippen LogP contribution in [0.5, 0.6) is 0 Å². The van der Waals surface area contributed by atoms with Gasteiger partial charge in [0, 0.05) is 0 Å². The average Bonchev–Trinajstić information content (AvgIpc) is 2.48. The van der Waals surface area contributed by atoms with Crippen LogP contribution in [0.3, 0.4) is 0 Å². The van der Waals surface area contributed by atoms with E-state index in [4.69, 9.17) is 0 Å². The summed E-state index contributed by atoms with van der Waals surface area (Å²) in [5.74, 6) is 0.622. The molecular weight excluding hydrogens is 252 g/mol. The third-order valence-electron chi connectivity index (χ3n) is 3.11. The summed E-state index contributed by atoms with van der Waals surface area (Å²) in [7, 11) is 0. The molecule has 1 rings (SSSR count). The molecule has 0 radical (unpaired) electrons.